The third-order valence-corrected chi connectivity index (χ3v) is 3.79. The van der Waals surface area contributed by atoms with Gasteiger partial charge in [-0.1, -0.05) is 39.0 Å². The molecule has 2 heteroatoms. The van der Waals surface area contributed by atoms with E-state index in [2.05, 4.69) is 20.8 Å². The van der Waals surface area contributed by atoms with E-state index in [0.29, 0.717) is 0 Å². The molecule has 0 aliphatic heterocycles. The molecule has 0 heterocycles. The molecule has 1 rings (SSSR count). The summed E-state index contributed by atoms with van der Waals surface area (Å²) in [4.78, 5) is 1.14. The van der Waals surface area contributed by atoms with Gasteiger partial charge in [0.2, 0.25) is 0 Å². The molecule has 0 nitrogen and oxygen atoms in total. The van der Waals surface area contributed by atoms with Crippen molar-refractivity contribution in [3.05, 3.63) is 30.3 Å². The Hall–Kier alpha value is -0.500. The molecule has 0 amide bonds. The van der Waals surface area contributed by atoms with Crippen molar-refractivity contribution in [2.45, 2.75) is 30.9 Å². The molecule has 1 unspecified atom stereocenters. The summed E-state index contributed by atoms with van der Waals surface area (Å²) in [6, 6.07) is 10.0. The van der Waals surface area contributed by atoms with Crippen molar-refractivity contribution in [2.24, 2.45) is 5.41 Å². The Morgan fingerprint density at radius 3 is 2.21 bits per heavy atom. The Labute approximate surface area is 89.9 Å². The molecule has 0 spiro atoms. The average Bonchev–Trinajstić information content (AvgIpc) is 2.14. The van der Waals surface area contributed by atoms with Crippen LogP contribution in [0.4, 0.5) is 4.39 Å². The average molecular weight is 212 g/mol. The standard InChI is InChI=1S/C12H17FS/c1-12(2,3)11(9-13)14-10-7-5-4-6-8-10/h4-8,11H,9H2,1-3H3. The van der Waals surface area contributed by atoms with Crippen molar-refractivity contribution in [3.8, 4) is 0 Å². The highest BCUT2D eigenvalue weighted by Crippen LogP contribution is 2.35. The summed E-state index contributed by atoms with van der Waals surface area (Å²) in [6.45, 7) is 5.95. The zero-order valence-corrected chi connectivity index (χ0v) is 9.77. The quantitative estimate of drug-likeness (QED) is 0.678. The summed E-state index contributed by atoms with van der Waals surface area (Å²) in [6.07, 6.45) is 0. The number of hydrogen-bond donors (Lipinski definition) is 0. The van der Waals surface area contributed by atoms with E-state index in [1.165, 1.54) is 0 Å². The normalized spacial score (nSPS) is 14.0. The molecule has 0 fully saturated rings. The number of hydrogen-bond acceptors (Lipinski definition) is 1. The number of halogens is 1. The lowest BCUT2D eigenvalue weighted by atomic mass is 9.92. The second-order valence-electron chi connectivity index (χ2n) is 4.44. The maximum atomic E-state index is 12.8. The van der Waals surface area contributed by atoms with Crippen LogP contribution in [0.3, 0.4) is 0 Å². The molecule has 0 saturated carbocycles. The van der Waals surface area contributed by atoms with Crippen molar-refractivity contribution in [3.63, 3.8) is 0 Å². The molecule has 0 aromatic heterocycles. The zero-order chi connectivity index (χ0) is 10.6. The summed E-state index contributed by atoms with van der Waals surface area (Å²) in [7, 11) is 0. The lowest BCUT2D eigenvalue weighted by Crippen LogP contribution is -2.24. The highest BCUT2D eigenvalue weighted by atomic mass is 32.2. The zero-order valence-electron chi connectivity index (χ0n) is 8.96. The summed E-state index contributed by atoms with van der Waals surface area (Å²) >= 11 is 1.62. The minimum atomic E-state index is -0.275. The molecule has 0 radical (unpaired) electrons. The first-order valence-corrected chi connectivity index (χ1v) is 5.69. The van der Waals surface area contributed by atoms with Gasteiger partial charge < -0.3 is 0 Å². The van der Waals surface area contributed by atoms with Gasteiger partial charge in [-0.05, 0) is 17.5 Å². The first-order valence-electron chi connectivity index (χ1n) is 4.81. The van der Waals surface area contributed by atoms with Crippen LogP contribution >= 0.6 is 11.8 Å². The third-order valence-electron chi connectivity index (χ3n) is 2.13. The SMILES string of the molecule is CC(C)(C)C(CF)Sc1ccccc1. The van der Waals surface area contributed by atoms with Gasteiger partial charge in [-0.25, -0.2) is 4.39 Å². The van der Waals surface area contributed by atoms with Crippen LogP contribution in [0.15, 0.2) is 35.2 Å². The Balaban J connectivity index is 2.67. The fourth-order valence-electron chi connectivity index (χ4n) is 1.10. The van der Waals surface area contributed by atoms with E-state index in [0.717, 1.165) is 4.90 Å². The van der Waals surface area contributed by atoms with Gasteiger partial charge in [0, 0.05) is 10.1 Å². The number of benzene rings is 1. The van der Waals surface area contributed by atoms with E-state index >= 15 is 0 Å². The second kappa shape index (κ2) is 4.83. The van der Waals surface area contributed by atoms with Crippen LogP contribution in [-0.4, -0.2) is 11.9 Å². The van der Waals surface area contributed by atoms with E-state index in [1.54, 1.807) is 11.8 Å². The van der Waals surface area contributed by atoms with Gasteiger partial charge in [-0.3, -0.25) is 0 Å². The molecule has 14 heavy (non-hydrogen) atoms. The van der Waals surface area contributed by atoms with Gasteiger partial charge in [0.25, 0.3) is 0 Å². The highest BCUT2D eigenvalue weighted by molar-refractivity contribution is 8.00. The van der Waals surface area contributed by atoms with Crippen LogP contribution in [0, 0.1) is 5.41 Å². The monoisotopic (exact) mass is 212 g/mol. The van der Waals surface area contributed by atoms with Crippen LogP contribution in [0.25, 0.3) is 0 Å². The van der Waals surface area contributed by atoms with Crippen molar-refractivity contribution < 1.29 is 4.39 Å². The van der Waals surface area contributed by atoms with Crippen LogP contribution in [0.1, 0.15) is 20.8 Å². The maximum absolute atomic E-state index is 12.8. The fraction of sp³-hybridized carbons (Fsp3) is 0.500. The van der Waals surface area contributed by atoms with Gasteiger partial charge in [-0.2, -0.15) is 0 Å². The Bertz CT molecular complexity index is 263. The first kappa shape index (κ1) is 11.6. The van der Waals surface area contributed by atoms with Crippen molar-refractivity contribution in [1.29, 1.82) is 0 Å². The number of rotatable bonds is 3. The van der Waals surface area contributed by atoms with Crippen LogP contribution < -0.4 is 0 Å². The van der Waals surface area contributed by atoms with Crippen LogP contribution in [0.2, 0.25) is 0 Å². The third kappa shape index (κ3) is 3.33. The lowest BCUT2D eigenvalue weighted by molar-refractivity contribution is 0.330. The molecule has 0 saturated heterocycles. The van der Waals surface area contributed by atoms with E-state index in [4.69, 9.17) is 0 Å². The fourth-order valence-corrected chi connectivity index (χ4v) is 2.16. The maximum Gasteiger partial charge on any atom is 0.102 e. The van der Waals surface area contributed by atoms with Gasteiger partial charge in [0.15, 0.2) is 0 Å². The minimum absolute atomic E-state index is 0.00918. The Kier molecular flexibility index (Phi) is 3.99. The highest BCUT2D eigenvalue weighted by Gasteiger charge is 2.25. The Morgan fingerprint density at radius 1 is 1.21 bits per heavy atom. The molecule has 0 bridgehead atoms. The van der Waals surface area contributed by atoms with E-state index in [-0.39, 0.29) is 17.3 Å². The van der Waals surface area contributed by atoms with E-state index in [1.807, 2.05) is 30.3 Å². The predicted octanol–water partition coefficient (Wildman–Crippen LogP) is 4.16. The molecule has 1 aromatic rings. The summed E-state index contributed by atoms with van der Waals surface area (Å²) in [5.41, 5.74) is 0.00918. The van der Waals surface area contributed by atoms with Gasteiger partial charge in [0.1, 0.15) is 6.67 Å². The van der Waals surface area contributed by atoms with Crippen LogP contribution in [0.5, 0.6) is 0 Å². The molecule has 1 aromatic carbocycles. The first-order chi connectivity index (χ1) is 6.54. The van der Waals surface area contributed by atoms with Gasteiger partial charge in [-0.15, -0.1) is 11.8 Å². The van der Waals surface area contributed by atoms with E-state index in [9.17, 15) is 4.39 Å². The van der Waals surface area contributed by atoms with Crippen LogP contribution in [-0.2, 0) is 0 Å². The molecular weight excluding hydrogens is 195 g/mol. The molecule has 0 aliphatic rings. The number of alkyl halides is 1. The number of thioether (sulfide) groups is 1. The summed E-state index contributed by atoms with van der Waals surface area (Å²) in [5.74, 6) is 0. The van der Waals surface area contributed by atoms with Crippen molar-refractivity contribution in [1.82, 2.24) is 0 Å². The van der Waals surface area contributed by atoms with Gasteiger partial charge >= 0.3 is 0 Å². The Morgan fingerprint density at radius 2 is 1.79 bits per heavy atom. The largest absolute Gasteiger partial charge is 0.250 e. The summed E-state index contributed by atoms with van der Waals surface area (Å²) < 4.78 is 12.8. The predicted molar refractivity (Wildman–Crippen MR) is 61.5 cm³/mol. The summed E-state index contributed by atoms with van der Waals surface area (Å²) in [5, 5.41) is 0.0323. The van der Waals surface area contributed by atoms with E-state index < -0.39 is 0 Å². The molecule has 1 atom stereocenters. The van der Waals surface area contributed by atoms with Crippen molar-refractivity contribution in [2.75, 3.05) is 6.67 Å². The topological polar surface area (TPSA) is 0 Å². The van der Waals surface area contributed by atoms with Crippen molar-refractivity contribution >= 4 is 11.8 Å². The smallest absolute Gasteiger partial charge is 0.102 e. The molecule has 0 N–H and O–H groups in total. The minimum Gasteiger partial charge on any atom is -0.250 e. The second-order valence-corrected chi connectivity index (χ2v) is 5.72. The van der Waals surface area contributed by atoms with Gasteiger partial charge in [0.05, 0.1) is 0 Å². The molecule has 0 aliphatic carbocycles. The molecular formula is C12H17FS. The lowest BCUT2D eigenvalue weighted by Gasteiger charge is -2.27. The molecule has 78 valence electrons.